The average molecular weight is 235 g/mol. The van der Waals surface area contributed by atoms with Crippen LogP contribution in [0.25, 0.3) is 0 Å². The Morgan fingerprint density at radius 3 is 2.29 bits per heavy atom. The van der Waals surface area contributed by atoms with E-state index in [0.29, 0.717) is 6.54 Å². The summed E-state index contributed by atoms with van der Waals surface area (Å²) in [5.74, 6) is -0.750. The number of aliphatic carboxylic acids is 1. The van der Waals surface area contributed by atoms with E-state index in [1.54, 1.807) is 0 Å². The monoisotopic (exact) mass is 235 g/mol. The zero-order valence-corrected chi connectivity index (χ0v) is 10.8. The van der Waals surface area contributed by atoms with Gasteiger partial charge in [-0.25, -0.2) is 0 Å². The van der Waals surface area contributed by atoms with Gasteiger partial charge in [0.05, 0.1) is 6.42 Å². The molecule has 0 aliphatic heterocycles. The fraction of sp³-hybridized carbons (Fsp3) is 0.500. The van der Waals surface area contributed by atoms with Crippen LogP contribution in [0.2, 0.25) is 0 Å². The predicted molar refractivity (Wildman–Crippen MR) is 70.4 cm³/mol. The molecule has 0 saturated carbocycles. The van der Waals surface area contributed by atoms with Gasteiger partial charge in [-0.3, -0.25) is 4.79 Å². The first kappa shape index (κ1) is 13.6. The van der Waals surface area contributed by atoms with E-state index in [-0.39, 0.29) is 11.8 Å². The number of para-hydroxylation sites is 1. The lowest BCUT2D eigenvalue weighted by atomic mass is 9.95. The molecule has 0 aromatic heterocycles. The molecule has 1 N–H and O–H groups in total. The van der Waals surface area contributed by atoms with Crippen molar-refractivity contribution in [2.75, 3.05) is 18.0 Å². The van der Waals surface area contributed by atoms with E-state index in [9.17, 15) is 4.79 Å². The molecule has 1 aromatic rings. The molecule has 0 atom stereocenters. The van der Waals surface area contributed by atoms with Crippen molar-refractivity contribution in [3.8, 4) is 0 Å². The number of rotatable bonds is 5. The normalized spacial score (nSPS) is 11.2. The molecule has 0 spiro atoms. The van der Waals surface area contributed by atoms with Crippen molar-refractivity contribution in [2.24, 2.45) is 5.41 Å². The first-order valence-electron chi connectivity index (χ1n) is 5.90. The number of carboxylic acid groups (broad SMARTS) is 1. The maximum Gasteiger partial charge on any atom is 0.305 e. The molecule has 1 rings (SSSR count). The second-order valence-electron chi connectivity index (χ2n) is 5.46. The van der Waals surface area contributed by atoms with Crippen molar-refractivity contribution < 1.29 is 9.90 Å². The maximum atomic E-state index is 10.7. The lowest BCUT2D eigenvalue weighted by Gasteiger charge is -2.31. The third-order valence-electron chi connectivity index (χ3n) is 2.38. The largest absolute Gasteiger partial charge is 0.481 e. The minimum absolute atomic E-state index is 0.147. The lowest BCUT2D eigenvalue weighted by Crippen LogP contribution is -2.34. The molecule has 17 heavy (non-hydrogen) atoms. The Labute approximate surface area is 103 Å². The summed E-state index contributed by atoms with van der Waals surface area (Å²) in [6.45, 7) is 7.87. The molecule has 0 unspecified atom stereocenters. The highest BCUT2D eigenvalue weighted by atomic mass is 16.4. The topological polar surface area (TPSA) is 40.5 Å². The smallest absolute Gasteiger partial charge is 0.305 e. The first-order valence-corrected chi connectivity index (χ1v) is 5.90. The lowest BCUT2D eigenvalue weighted by molar-refractivity contribution is -0.136. The summed E-state index contributed by atoms with van der Waals surface area (Å²) in [6.07, 6.45) is 0.172. The standard InChI is InChI=1S/C14H21NO2/c1-14(2,3)11-15(10-9-13(16)17)12-7-5-4-6-8-12/h4-8H,9-11H2,1-3H3,(H,16,17). The second kappa shape index (κ2) is 5.71. The Morgan fingerprint density at radius 1 is 1.24 bits per heavy atom. The number of benzene rings is 1. The molecule has 0 saturated heterocycles. The van der Waals surface area contributed by atoms with E-state index in [1.807, 2.05) is 30.3 Å². The van der Waals surface area contributed by atoms with E-state index in [1.165, 1.54) is 0 Å². The molecule has 0 amide bonds. The van der Waals surface area contributed by atoms with Crippen molar-refractivity contribution in [1.82, 2.24) is 0 Å². The van der Waals surface area contributed by atoms with Crippen LogP contribution in [0.4, 0.5) is 5.69 Å². The molecule has 0 aliphatic carbocycles. The Morgan fingerprint density at radius 2 is 1.82 bits per heavy atom. The molecule has 3 heteroatoms. The number of anilines is 1. The second-order valence-corrected chi connectivity index (χ2v) is 5.46. The number of hydrogen-bond acceptors (Lipinski definition) is 2. The molecule has 0 heterocycles. The number of carbonyl (C=O) groups is 1. The molecular formula is C14H21NO2. The van der Waals surface area contributed by atoms with Gasteiger partial charge < -0.3 is 10.0 Å². The Hall–Kier alpha value is -1.51. The Kier molecular flexibility index (Phi) is 4.55. The summed E-state index contributed by atoms with van der Waals surface area (Å²) in [6, 6.07) is 9.97. The molecule has 0 radical (unpaired) electrons. The summed E-state index contributed by atoms with van der Waals surface area (Å²) in [5.41, 5.74) is 1.23. The minimum atomic E-state index is -0.750. The molecule has 3 nitrogen and oxygen atoms in total. The van der Waals surface area contributed by atoms with Crippen LogP contribution in [0.3, 0.4) is 0 Å². The summed E-state index contributed by atoms with van der Waals surface area (Å²) in [4.78, 5) is 12.8. The van der Waals surface area contributed by atoms with E-state index in [2.05, 4.69) is 25.7 Å². The van der Waals surface area contributed by atoms with E-state index in [0.717, 1.165) is 12.2 Å². The highest BCUT2D eigenvalue weighted by Gasteiger charge is 2.17. The fourth-order valence-corrected chi connectivity index (χ4v) is 1.74. The van der Waals surface area contributed by atoms with E-state index >= 15 is 0 Å². The van der Waals surface area contributed by atoms with Gasteiger partial charge >= 0.3 is 5.97 Å². The molecule has 0 aliphatic rings. The summed E-state index contributed by atoms with van der Waals surface area (Å²) in [7, 11) is 0. The summed E-state index contributed by atoms with van der Waals surface area (Å²) >= 11 is 0. The van der Waals surface area contributed by atoms with Crippen LogP contribution in [0.5, 0.6) is 0 Å². The van der Waals surface area contributed by atoms with Crippen LogP contribution in [0.15, 0.2) is 30.3 Å². The third kappa shape index (κ3) is 5.38. The van der Waals surface area contributed by atoms with Crippen molar-refractivity contribution in [1.29, 1.82) is 0 Å². The van der Waals surface area contributed by atoms with Gasteiger partial charge in [-0.15, -0.1) is 0 Å². The molecule has 0 fully saturated rings. The third-order valence-corrected chi connectivity index (χ3v) is 2.38. The van der Waals surface area contributed by atoms with Crippen LogP contribution in [-0.4, -0.2) is 24.2 Å². The Balaban J connectivity index is 2.75. The van der Waals surface area contributed by atoms with Gasteiger partial charge in [0.15, 0.2) is 0 Å². The van der Waals surface area contributed by atoms with Gasteiger partial charge in [0.2, 0.25) is 0 Å². The van der Waals surface area contributed by atoms with Crippen LogP contribution in [0, 0.1) is 5.41 Å². The predicted octanol–water partition coefficient (Wildman–Crippen LogP) is 3.01. The van der Waals surface area contributed by atoms with E-state index in [4.69, 9.17) is 5.11 Å². The van der Waals surface area contributed by atoms with Crippen molar-refractivity contribution in [2.45, 2.75) is 27.2 Å². The highest BCUT2D eigenvalue weighted by Crippen LogP contribution is 2.21. The van der Waals surface area contributed by atoms with E-state index < -0.39 is 5.97 Å². The van der Waals surface area contributed by atoms with Gasteiger partial charge in [-0.2, -0.15) is 0 Å². The van der Waals surface area contributed by atoms with Crippen molar-refractivity contribution in [3.05, 3.63) is 30.3 Å². The molecule has 0 bridgehead atoms. The zero-order chi connectivity index (χ0) is 12.9. The number of nitrogens with zero attached hydrogens (tertiary/aromatic N) is 1. The van der Waals surface area contributed by atoms with Crippen LogP contribution in [0.1, 0.15) is 27.2 Å². The minimum Gasteiger partial charge on any atom is -0.481 e. The number of hydrogen-bond donors (Lipinski definition) is 1. The van der Waals surface area contributed by atoms with Gasteiger partial charge in [-0.1, -0.05) is 39.0 Å². The quantitative estimate of drug-likeness (QED) is 0.852. The average Bonchev–Trinajstić information content (AvgIpc) is 2.24. The molecule has 94 valence electrons. The SMILES string of the molecule is CC(C)(C)CN(CCC(=O)O)c1ccccc1. The van der Waals surface area contributed by atoms with Crippen molar-refractivity contribution in [3.63, 3.8) is 0 Å². The van der Waals surface area contributed by atoms with Gasteiger partial charge in [0.1, 0.15) is 0 Å². The fourth-order valence-electron chi connectivity index (χ4n) is 1.74. The zero-order valence-electron chi connectivity index (χ0n) is 10.8. The molecule has 1 aromatic carbocycles. The highest BCUT2D eigenvalue weighted by molar-refractivity contribution is 5.67. The van der Waals surface area contributed by atoms with Gasteiger partial charge in [0, 0.05) is 18.8 Å². The van der Waals surface area contributed by atoms with Crippen LogP contribution < -0.4 is 4.90 Å². The van der Waals surface area contributed by atoms with Crippen LogP contribution in [-0.2, 0) is 4.79 Å². The van der Waals surface area contributed by atoms with Gasteiger partial charge in [0.25, 0.3) is 0 Å². The molecular weight excluding hydrogens is 214 g/mol. The van der Waals surface area contributed by atoms with Gasteiger partial charge in [-0.05, 0) is 17.5 Å². The number of carboxylic acids is 1. The first-order chi connectivity index (χ1) is 7.88. The summed E-state index contributed by atoms with van der Waals surface area (Å²) in [5, 5.41) is 8.78. The van der Waals surface area contributed by atoms with Crippen molar-refractivity contribution >= 4 is 11.7 Å². The summed E-state index contributed by atoms with van der Waals surface area (Å²) < 4.78 is 0. The Bertz CT molecular complexity index is 354. The van der Waals surface area contributed by atoms with Crippen LogP contribution >= 0.6 is 0 Å². The maximum absolute atomic E-state index is 10.7.